The first-order valence-corrected chi connectivity index (χ1v) is 6.37. The maximum Gasteiger partial charge on any atom is 0.0724 e. The number of aryl methyl sites for hydroxylation is 1. The number of hydrogen-bond donors (Lipinski definition) is 2. The van der Waals surface area contributed by atoms with Gasteiger partial charge in [-0.1, -0.05) is 29.8 Å². The fourth-order valence-corrected chi connectivity index (χ4v) is 2.18. The molecule has 2 aromatic carbocycles. The molecule has 1 aromatic heterocycles. The van der Waals surface area contributed by atoms with Crippen LogP contribution in [0.25, 0.3) is 10.9 Å². The van der Waals surface area contributed by atoms with E-state index in [2.05, 4.69) is 10.3 Å². The van der Waals surface area contributed by atoms with E-state index in [0.29, 0.717) is 5.69 Å². The summed E-state index contributed by atoms with van der Waals surface area (Å²) >= 11 is 0. The van der Waals surface area contributed by atoms with Crippen molar-refractivity contribution in [3.63, 3.8) is 0 Å². The van der Waals surface area contributed by atoms with Gasteiger partial charge in [-0.15, -0.1) is 0 Å². The monoisotopic (exact) mass is 264 g/mol. The van der Waals surface area contributed by atoms with Crippen molar-refractivity contribution in [2.45, 2.75) is 6.92 Å². The Morgan fingerprint density at radius 2 is 1.85 bits per heavy atom. The highest BCUT2D eigenvalue weighted by molar-refractivity contribution is 5.99. The lowest BCUT2D eigenvalue weighted by molar-refractivity contribution is 1.38. The number of anilines is 3. The van der Waals surface area contributed by atoms with Crippen LogP contribution in [0.1, 0.15) is 5.56 Å². The van der Waals surface area contributed by atoms with Crippen LogP contribution in [0.2, 0.25) is 0 Å². The quantitative estimate of drug-likeness (QED) is 0.696. The van der Waals surface area contributed by atoms with Gasteiger partial charge in [0.05, 0.1) is 23.1 Å². The summed E-state index contributed by atoms with van der Waals surface area (Å²) in [5.74, 6) is 0. The van der Waals surface area contributed by atoms with E-state index in [1.807, 2.05) is 60.9 Å². The van der Waals surface area contributed by atoms with Crippen LogP contribution in [0, 0.1) is 12.1 Å². The highest BCUT2D eigenvalue weighted by atomic mass is 16.5. The molecule has 2 N–H and O–H groups in total. The first-order valence-electron chi connectivity index (χ1n) is 6.37. The van der Waals surface area contributed by atoms with Gasteiger partial charge < -0.3 is 16.0 Å². The predicted octanol–water partition coefficient (Wildman–Crippen LogP) is 4.20. The molecule has 0 amide bonds. The summed E-state index contributed by atoms with van der Waals surface area (Å²) in [5, 5.41) is 15.4. The minimum Gasteiger partial charge on any atom is -0.761 e. The van der Waals surface area contributed by atoms with Crippen LogP contribution in [0.15, 0.2) is 54.7 Å². The molecule has 1 heterocycles. The number of pyridine rings is 1. The smallest absolute Gasteiger partial charge is 0.0724 e. The van der Waals surface area contributed by atoms with Gasteiger partial charge in [-0.05, 0) is 31.2 Å². The van der Waals surface area contributed by atoms with Gasteiger partial charge in [-0.3, -0.25) is 4.98 Å². The van der Waals surface area contributed by atoms with Crippen molar-refractivity contribution < 1.29 is 0 Å². The second-order valence-electron chi connectivity index (χ2n) is 4.66. The Kier molecular flexibility index (Phi) is 3.23. The maximum atomic E-state index is 11.1. The Morgan fingerprint density at radius 3 is 2.60 bits per heavy atom. The normalized spacial score (nSPS) is 10.5. The van der Waals surface area contributed by atoms with E-state index in [-0.39, 0.29) is 0 Å². The highest BCUT2D eigenvalue weighted by Gasteiger charge is 2.07. The van der Waals surface area contributed by atoms with Crippen LogP contribution >= 0.6 is 0 Å². The average Bonchev–Trinajstić information content (AvgIpc) is 2.49. The van der Waals surface area contributed by atoms with Crippen molar-refractivity contribution in [3.8, 4) is 0 Å². The number of nitrogens with one attached hydrogen (secondary N) is 2. The van der Waals surface area contributed by atoms with E-state index in [1.165, 1.54) is 0 Å². The zero-order chi connectivity index (χ0) is 13.9. The first kappa shape index (κ1) is 12.4. The summed E-state index contributed by atoms with van der Waals surface area (Å²) < 4.78 is 0. The van der Waals surface area contributed by atoms with Crippen LogP contribution in [-0.2, 0) is 0 Å². The largest absolute Gasteiger partial charge is 0.761 e. The lowest BCUT2D eigenvalue weighted by Gasteiger charge is -2.18. The van der Waals surface area contributed by atoms with Crippen LogP contribution in [0.5, 0.6) is 0 Å². The molecule has 100 valence electrons. The maximum absolute atomic E-state index is 11.1. The van der Waals surface area contributed by atoms with Crippen molar-refractivity contribution in [2.75, 3.05) is 10.8 Å². The Balaban J connectivity index is 2.18. The Bertz CT molecular complexity index is 741. The molecule has 0 aliphatic rings. The molecule has 4 heteroatoms. The molecule has 4 nitrogen and oxygen atoms in total. The molecule has 0 fully saturated rings. The van der Waals surface area contributed by atoms with Crippen molar-refractivity contribution in [2.24, 2.45) is 0 Å². The summed E-state index contributed by atoms with van der Waals surface area (Å²) in [7, 11) is 0. The molecule has 0 bridgehead atoms. The van der Waals surface area contributed by atoms with Gasteiger partial charge in [-0.2, -0.15) is 0 Å². The Morgan fingerprint density at radius 1 is 1.05 bits per heavy atom. The number of benzene rings is 2. The fourth-order valence-electron chi connectivity index (χ4n) is 2.18. The van der Waals surface area contributed by atoms with Gasteiger partial charge in [0, 0.05) is 11.1 Å². The van der Waals surface area contributed by atoms with Crippen molar-refractivity contribution >= 4 is 28.0 Å². The summed E-state index contributed by atoms with van der Waals surface area (Å²) in [6.07, 6.45) is 1.55. The number of hydrogen-bond acceptors (Lipinski definition) is 4. The molecule has 20 heavy (non-hydrogen) atoms. The number of fused-ring (bicyclic) bond motifs is 1. The van der Waals surface area contributed by atoms with Crippen LogP contribution in [0.3, 0.4) is 0 Å². The molecule has 3 rings (SSSR count). The van der Waals surface area contributed by atoms with Crippen LogP contribution in [0.4, 0.5) is 17.1 Å². The molecule has 0 atom stereocenters. The Labute approximate surface area is 117 Å². The Hall–Kier alpha value is -2.59. The fraction of sp³-hybridized carbons (Fsp3) is 0.0625. The molecule has 3 aromatic rings. The standard InChI is InChI=1S/C16H14N3O/c1-11-7-8-14-13(9-11)16(15(19-20)10-17-14)18-12-5-3-2-4-6-12/h2-10,19H,1H3,(H,17,18)/q-1. The van der Waals surface area contributed by atoms with Crippen LogP contribution in [-0.4, -0.2) is 4.98 Å². The average molecular weight is 264 g/mol. The molecular weight excluding hydrogens is 250 g/mol. The summed E-state index contributed by atoms with van der Waals surface area (Å²) in [5.41, 5.74) is 6.05. The van der Waals surface area contributed by atoms with E-state index in [0.717, 1.165) is 27.8 Å². The lowest BCUT2D eigenvalue weighted by Crippen LogP contribution is -1.98. The van der Waals surface area contributed by atoms with Gasteiger partial charge in [0.25, 0.3) is 0 Å². The van der Waals surface area contributed by atoms with Crippen molar-refractivity contribution in [3.05, 3.63) is 65.5 Å². The van der Waals surface area contributed by atoms with Gasteiger partial charge in [0.2, 0.25) is 0 Å². The summed E-state index contributed by atoms with van der Waals surface area (Å²) in [6, 6.07) is 15.7. The SMILES string of the molecule is Cc1ccc2ncc(N[O-])c(Nc3ccccc3)c2c1. The van der Waals surface area contributed by atoms with E-state index in [9.17, 15) is 5.21 Å². The van der Waals surface area contributed by atoms with Gasteiger partial charge in [0.1, 0.15) is 0 Å². The third-order valence-corrected chi connectivity index (χ3v) is 3.18. The zero-order valence-electron chi connectivity index (χ0n) is 11.1. The second kappa shape index (κ2) is 5.19. The third-order valence-electron chi connectivity index (χ3n) is 3.18. The van der Waals surface area contributed by atoms with E-state index in [4.69, 9.17) is 0 Å². The van der Waals surface area contributed by atoms with Gasteiger partial charge in [0.15, 0.2) is 0 Å². The number of rotatable bonds is 3. The molecule has 0 aliphatic carbocycles. The van der Waals surface area contributed by atoms with Gasteiger partial charge >= 0.3 is 0 Å². The second-order valence-corrected chi connectivity index (χ2v) is 4.66. The van der Waals surface area contributed by atoms with E-state index < -0.39 is 0 Å². The number of nitrogens with zero attached hydrogens (tertiary/aromatic N) is 1. The summed E-state index contributed by atoms with van der Waals surface area (Å²) in [6.45, 7) is 2.02. The number of para-hydroxylation sites is 1. The van der Waals surface area contributed by atoms with Crippen LogP contribution < -0.4 is 10.8 Å². The first-order chi connectivity index (χ1) is 9.78. The van der Waals surface area contributed by atoms with Crippen molar-refractivity contribution in [1.29, 1.82) is 0 Å². The lowest BCUT2D eigenvalue weighted by atomic mass is 10.1. The minimum atomic E-state index is 0.437. The molecule has 0 unspecified atom stereocenters. The molecular formula is C16H14N3O-. The van der Waals surface area contributed by atoms with E-state index >= 15 is 0 Å². The molecule has 0 saturated heterocycles. The summed E-state index contributed by atoms with van der Waals surface area (Å²) in [4.78, 5) is 4.29. The van der Waals surface area contributed by atoms with Crippen molar-refractivity contribution in [1.82, 2.24) is 4.98 Å². The van der Waals surface area contributed by atoms with E-state index in [1.54, 1.807) is 6.20 Å². The minimum absolute atomic E-state index is 0.437. The zero-order valence-corrected chi connectivity index (χ0v) is 11.1. The topological polar surface area (TPSA) is 60.0 Å². The highest BCUT2D eigenvalue weighted by Crippen LogP contribution is 2.32. The molecule has 0 spiro atoms. The molecule has 0 radical (unpaired) electrons. The number of aromatic nitrogens is 1. The van der Waals surface area contributed by atoms with Gasteiger partial charge in [-0.25, -0.2) is 0 Å². The predicted molar refractivity (Wildman–Crippen MR) is 83.2 cm³/mol. The molecule has 0 aliphatic heterocycles. The molecule has 0 saturated carbocycles. The third kappa shape index (κ3) is 2.29.